The average Bonchev–Trinajstić information content (AvgIpc) is 3.35. The zero-order valence-corrected chi connectivity index (χ0v) is 28.0. The van der Waals surface area contributed by atoms with Crippen molar-refractivity contribution in [3.8, 4) is 0 Å². The zero-order valence-electron chi connectivity index (χ0n) is 27.2. The molecule has 4 aromatic rings. The highest BCUT2D eigenvalue weighted by molar-refractivity contribution is 7.99. The quantitative estimate of drug-likeness (QED) is 0.206. The maximum atomic E-state index is 15.2. The summed E-state index contributed by atoms with van der Waals surface area (Å²) in [6, 6.07) is 19.1. The third-order valence-corrected chi connectivity index (χ3v) is 11.4. The molecule has 2 heterocycles. The van der Waals surface area contributed by atoms with Crippen LogP contribution in [0, 0.1) is 44.8 Å². The number of fused-ring (bicyclic) bond motifs is 1. The lowest BCUT2D eigenvalue weighted by atomic mass is 9.86. The number of halogens is 1. The molecule has 6 rings (SSSR count). The lowest BCUT2D eigenvalue weighted by Gasteiger charge is -2.45. The van der Waals surface area contributed by atoms with Crippen LogP contribution in [0.1, 0.15) is 72.5 Å². The molecule has 2 aliphatic rings. The fraction of sp³-hybridized carbons (Fsp3) is 0.421. The lowest BCUT2D eigenvalue weighted by molar-refractivity contribution is -0.147. The standard InChI is InChI=1S/C38H44FN3O2S/c1-23-19-24(2)35(25(3)20-23)41-36(44)38(15-17-45-18-16-38)42(22-27-11-7-9-13-30(27)39)32(43)21-29-34(37(29,5)6)33-26(4)40-31-14-10-8-12-28(31)33/h7-14,19-20,29,34,40H,15-18,21-22H2,1-6H3,(H,41,44). The average molecular weight is 626 g/mol. The van der Waals surface area contributed by atoms with Gasteiger partial charge in [0.2, 0.25) is 11.8 Å². The molecule has 1 aliphatic heterocycles. The topological polar surface area (TPSA) is 65.2 Å². The van der Waals surface area contributed by atoms with Gasteiger partial charge in [-0.1, -0.05) is 67.9 Å². The SMILES string of the molecule is Cc1cc(C)c(NC(=O)C2(N(Cc3ccccc3F)C(=O)CC3C(c4c(C)[nH]c5ccccc45)C3(C)C)CCSCC2)c(C)c1. The van der Waals surface area contributed by atoms with Gasteiger partial charge in [0.1, 0.15) is 11.4 Å². The van der Waals surface area contributed by atoms with Gasteiger partial charge in [-0.25, -0.2) is 4.39 Å². The smallest absolute Gasteiger partial charge is 0.250 e. The molecule has 2 unspecified atom stereocenters. The van der Waals surface area contributed by atoms with E-state index >= 15 is 4.39 Å². The zero-order chi connectivity index (χ0) is 32.1. The Bertz CT molecular complexity index is 1750. The summed E-state index contributed by atoms with van der Waals surface area (Å²) in [6.07, 6.45) is 1.34. The molecular weight excluding hydrogens is 582 g/mol. The summed E-state index contributed by atoms with van der Waals surface area (Å²) in [4.78, 5) is 34.5. The molecule has 45 heavy (non-hydrogen) atoms. The Balaban J connectivity index is 1.37. The number of aromatic amines is 1. The van der Waals surface area contributed by atoms with Crippen molar-refractivity contribution >= 4 is 40.2 Å². The van der Waals surface area contributed by atoms with E-state index < -0.39 is 5.54 Å². The number of para-hydroxylation sites is 1. The van der Waals surface area contributed by atoms with Crippen LogP contribution in [0.5, 0.6) is 0 Å². The Morgan fingerprint density at radius 2 is 1.62 bits per heavy atom. The molecule has 1 saturated carbocycles. The molecule has 1 saturated heterocycles. The van der Waals surface area contributed by atoms with Crippen LogP contribution < -0.4 is 5.32 Å². The number of hydrogen-bond acceptors (Lipinski definition) is 3. The number of nitrogens with one attached hydrogen (secondary N) is 2. The number of carbonyl (C=O) groups excluding carboxylic acids is 2. The summed E-state index contributed by atoms with van der Waals surface area (Å²) < 4.78 is 15.2. The number of thioether (sulfide) groups is 1. The first-order valence-corrected chi connectivity index (χ1v) is 17.2. The van der Waals surface area contributed by atoms with Crippen molar-refractivity contribution in [2.75, 3.05) is 16.8 Å². The fourth-order valence-electron chi connectivity index (χ4n) is 7.91. The second-order valence-electron chi connectivity index (χ2n) is 13.8. The third kappa shape index (κ3) is 5.69. The molecule has 2 atom stereocenters. The molecular formula is C38H44FN3O2S. The molecule has 1 aliphatic carbocycles. The molecule has 2 fully saturated rings. The van der Waals surface area contributed by atoms with E-state index in [9.17, 15) is 9.59 Å². The van der Waals surface area contributed by atoms with Crippen molar-refractivity contribution in [3.05, 3.63) is 100.0 Å². The Labute approximate surface area is 270 Å². The molecule has 0 radical (unpaired) electrons. The van der Waals surface area contributed by atoms with Crippen molar-refractivity contribution in [3.63, 3.8) is 0 Å². The van der Waals surface area contributed by atoms with E-state index in [0.717, 1.165) is 45.1 Å². The largest absolute Gasteiger partial charge is 0.358 e. The van der Waals surface area contributed by atoms with Crippen molar-refractivity contribution in [2.45, 2.75) is 78.8 Å². The summed E-state index contributed by atoms with van der Waals surface area (Å²) >= 11 is 1.80. The molecule has 236 valence electrons. The minimum absolute atomic E-state index is 0.0549. The van der Waals surface area contributed by atoms with Crippen LogP contribution in [0.2, 0.25) is 0 Å². The Morgan fingerprint density at radius 3 is 2.31 bits per heavy atom. The highest BCUT2D eigenvalue weighted by Crippen LogP contribution is 2.67. The van der Waals surface area contributed by atoms with E-state index in [2.05, 4.69) is 61.4 Å². The number of nitrogens with zero attached hydrogens (tertiary/aromatic N) is 1. The fourth-order valence-corrected chi connectivity index (χ4v) is 9.07. The van der Waals surface area contributed by atoms with E-state index in [-0.39, 0.29) is 41.4 Å². The number of rotatable bonds is 8. The number of aromatic nitrogens is 1. The van der Waals surface area contributed by atoms with Crippen molar-refractivity contribution < 1.29 is 14.0 Å². The summed E-state index contributed by atoms with van der Waals surface area (Å²) in [6.45, 7) is 12.7. The third-order valence-electron chi connectivity index (χ3n) is 10.5. The van der Waals surface area contributed by atoms with Crippen LogP contribution in [0.4, 0.5) is 10.1 Å². The second kappa shape index (κ2) is 12.0. The molecule has 1 aromatic heterocycles. The predicted molar refractivity (Wildman–Crippen MR) is 183 cm³/mol. The van der Waals surface area contributed by atoms with E-state index in [4.69, 9.17) is 0 Å². The molecule has 2 amide bonds. The number of benzene rings is 3. The highest BCUT2D eigenvalue weighted by Gasteiger charge is 2.60. The minimum Gasteiger partial charge on any atom is -0.358 e. The number of carbonyl (C=O) groups is 2. The van der Waals surface area contributed by atoms with Gasteiger partial charge in [0.05, 0.1) is 0 Å². The number of H-pyrrole nitrogens is 1. The molecule has 0 bridgehead atoms. The van der Waals surface area contributed by atoms with Gasteiger partial charge in [0.25, 0.3) is 0 Å². The molecule has 0 spiro atoms. The predicted octanol–water partition coefficient (Wildman–Crippen LogP) is 8.60. The van der Waals surface area contributed by atoms with Gasteiger partial charge in [-0.2, -0.15) is 11.8 Å². The van der Waals surface area contributed by atoms with Gasteiger partial charge in [0.15, 0.2) is 0 Å². The summed E-state index contributed by atoms with van der Waals surface area (Å²) in [5.74, 6) is 1.19. The van der Waals surface area contributed by atoms with E-state index in [0.29, 0.717) is 24.8 Å². The van der Waals surface area contributed by atoms with Gasteiger partial charge >= 0.3 is 0 Å². The number of anilines is 1. The summed E-state index contributed by atoms with van der Waals surface area (Å²) in [5, 5.41) is 4.46. The van der Waals surface area contributed by atoms with Crippen molar-refractivity contribution in [2.24, 2.45) is 11.3 Å². The normalized spacial score (nSPS) is 20.2. The van der Waals surface area contributed by atoms with Crippen LogP contribution in [0.25, 0.3) is 10.9 Å². The number of aryl methyl sites for hydroxylation is 4. The first-order valence-electron chi connectivity index (χ1n) is 16.0. The maximum Gasteiger partial charge on any atom is 0.250 e. The lowest BCUT2D eigenvalue weighted by Crippen LogP contribution is -2.60. The molecule has 5 nitrogen and oxygen atoms in total. The van der Waals surface area contributed by atoms with Gasteiger partial charge in [0, 0.05) is 40.8 Å². The Kier molecular flexibility index (Phi) is 8.36. The maximum absolute atomic E-state index is 15.2. The molecule has 7 heteroatoms. The Morgan fingerprint density at radius 1 is 0.978 bits per heavy atom. The van der Waals surface area contributed by atoms with E-state index in [1.54, 1.807) is 34.9 Å². The van der Waals surface area contributed by atoms with E-state index in [1.165, 1.54) is 17.0 Å². The number of hydrogen-bond donors (Lipinski definition) is 2. The molecule has 3 aromatic carbocycles. The van der Waals surface area contributed by atoms with Crippen LogP contribution in [0.15, 0.2) is 60.7 Å². The van der Waals surface area contributed by atoms with Gasteiger partial charge in [-0.3, -0.25) is 9.59 Å². The highest BCUT2D eigenvalue weighted by atomic mass is 32.2. The van der Waals surface area contributed by atoms with Crippen LogP contribution in [0.3, 0.4) is 0 Å². The van der Waals surface area contributed by atoms with Gasteiger partial charge < -0.3 is 15.2 Å². The summed E-state index contributed by atoms with van der Waals surface area (Å²) in [5.41, 5.74) is 6.68. The number of amides is 2. The van der Waals surface area contributed by atoms with Crippen molar-refractivity contribution in [1.29, 1.82) is 0 Å². The van der Waals surface area contributed by atoms with Crippen LogP contribution in [-0.2, 0) is 16.1 Å². The first kappa shape index (κ1) is 31.4. The first-order chi connectivity index (χ1) is 21.4. The Hall–Kier alpha value is -3.58. The van der Waals surface area contributed by atoms with Crippen LogP contribution in [-0.4, -0.2) is 38.7 Å². The monoisotopic (exact) mass is 625 g/mol. The van der Waals surface area contributed by atoms with E-state index in [1.807, 2.05) is 26.8 Å². The van der Waals surface area contributed by atoms with Crippen LogP contribution >= 0.6 is 11.8 Å². The van der Waals surface area contributed by atoms with Crippen molar-refractivity contribution in [1.82, 2.24) is 9.88 Å². The van der Waals surface area contributed by atoms with Gasteiger partial charge in [-0.05, 0) is 98.1 Å². The second-order valence-corrected chi connectivity index (χ2v) is 15.0. The molecule has 2 N–H and O–H groups in total. The van der Waals surface area contributed by atoms with Gasteiger partial charge in [-0.15, -0.1) is 0 Å². The minimum atomic E-state index is -1.08. The summed E-state index contributed by atoms with van der Waals surface area (Å²) in [7, 11) is 0.